The fourth-order valence-electron chi connectivity index (χ4n) is 2.37. The van der Waals surface area contributed by atoms with Crippen LogP contribution in [0.4, 0.5) is 5.69 Å². The fourth-order valence-corrected chi connectivity index (χ4v) is 2.81. The lowest BCUT2D eigenvalue weighted by atomic mass is 10.00. The van der Waals surface area contributed by atoms with Gasteiger partial charge in [0.2, 0.25) is 0 Å². The molecule has 22 heavy (non-hydrogen) atoms. The summed E-state index contributed by atoms with van der Waals surface area (Å²) < 4.78 is 0. The molecule has 0 heterocycles. The van der Waals surface area contributed by atoms with Gasteiger partial charge in [0.15, 0.2) is 5.11 Å². The molecule has 0 aliphatic carbocycles. The van der Waals surface area contributed by atoms with Gasteiger partial charge >= 0.3 is 0 Å². The Hall–Kier alpha value is -1.58. The second kappa shape index (κ2) is 7.61. The van der Waals surface area contributed by atoms with Crippen LogP contribution in [0.5, 0.6) is 0 Å². The summed E-state index contributed by atoms with van der Waals surface area (Å²) in [5.74, 6) is 0. The van der Waals surface area contributed by atoms with Crippen LogP contribution in [0.2, 0.25) is 5.02 Å². The van der Waals surface area contributed by atoms with E-state index < -0.39 is 0 Å². The van der Waals surface area contributed by atoms with E-state index >= 15 is 0 Å². The van der Waals surface area contributed by atoms with E-state index in [9.17, 15) is 0 Å². The van der Waals surface area contributed by atoms with Crippen LogP contribution in [0.1, 0.15) is 36.1 Å². The van der Waals surface area contributed by atoms with Gasteiger partial charge in [0.05, 0.1) is 6.04 Å². The molecule has 2 rings (SSSR count). The van der Waals surface area contributed by atoms with Crippen molar-refractivity contribution in [3.63, 3.8) is 0 Å². The lowest BCUT2D eigenvalue weighted by molar-refractivity contribution is 0.625. The van der Waals surface area contributed by atoms with E-state index in [1.165, 1.54) is 11.1 Å². The average Bonchev–Trinajstić information content (AvgIpc) is 2.49. The lowest BCUT2D eigenvalue weighted by Crippen LogP contribution is -2.32. The maximum atomic E-state index is 6.14. The largest absolute Gasteiger partial charge is 0.356 e. The molecule has 0 fully saturated rings. The Kier molecular flexibility index (Phi) is 5.81. The molecule has 2 nitrogen and oxygen atoms in total. The molecule has 1 unspecified atom stereocenters. The third-order valence-electron chi connectivity index (χ3n) is 3.71. The van der Waals surface area contributed by atoms with Gasteiger partial charge < -0.3 is 10.6 Å². The first-order valence-corrected chi connectivity index (χ1v) is 8.19. The Balaban J connectivity index is 2.06. The van der Waals surface area contributed by atoms with Crippen molar-refractivity contribution >= 4 is 34.6 Å². The van der Waals surface area contributed by atoms with Crippen molar-refractivity contribution in [3.05, 3.63) is 64.2 Å². The predicted molar refractivity (Wildman–Crippen MR) is 99.8 cm³/mol. The zero-order valence-electron chi connectivity index (χ0n) is 13.1. The minimum Gasteiger partial charge on any atom is -0.356 e. The molecule has 0 bridgehead atoms. The predicted octanol–water partition coefficient (Wildman–Crippen LogP) is 5.39. The van der Waals surface area contributed by atoms with E-state index in [-0.39, 0.29) is 6.04 Å². The zero-order valence-corrected chi connectivity index (χ0v) is 14.7. The summed E-state index contributed by atoms with van der Waals surface area (Å²) in [6.45, 7) is 6.25. The van der Waals surface area contributed by atoms with Gasteiger partial charge in [-0.25, -0.2) is 0 Å². The molecule has 2 aromatic rings. The number of aryl methyl sites for hydroxylation is 2. The van der Waals surface area contributed by atoms with Gasteiger partial charge in [-0.05, 0) is 61.3 Å². The molecule has 0 spiro atoms. The molecule has 2 N–H and O–H groups in total. The van der Waals surface area contributed by atoms with Crippen LogP contribution >= 0.6 is 23.8 Å². The number of nitrogens with one attached hydrogen (secondary N) is 2. The third kappa shape index (κ3) is 4.21. The van der Waals surface area contributed by atoms with Gasteiger partial charge in [-0.15, -0.1) is 0 Å². The minimum absolute atomic E-state index is 0.196. The first-order valence-electron chi connectivity index (χ1n) is 7.40. The SMILES string of the molecule is CCC(NC(=S)Nc1ccc(C)c(Cl)c1)c1ccccc1C. The number of thiocarbonyl (C=S) groups is 1. The molecular weight excluding hydrogens is 312 g/mol. The quantitative estimate of drug-likeness (QED) is 0.733. The van der Waals surface area contributed by atoms with Crippen molar-refractivity contribution < 1.29 is 0 Å². The molecular formula is C18H21ClN2S. The van der Waals surface area contributed by atoms with Gasteiger partial charge in [-0.3, -0.25) is 0 Å². The normalized spacial score (nSPS) is 11.8. The fraction of sp³-hybridized carbons (Fsp3) is 0.278. The van der Waals surface area contributed by atoms with Crippen LogP contribution in [-0.2, 0) is 0 Å². The Morgan fingerprint density at radius 2 is 1.86 bits per heavy atom. The summed E-state index contributed by atoms with van der Waals surface area (Å²) in [5, 5.41) is 7.92. The molecule has 0 amide bonds. The van der Waals surface area contributed by atoms with Crippen molar-refractivity contribution in [1.29, 1.82) is 0 Å². The highest BCUT2D eigenvalue weighted by atomic mass is 35.5. The van der Waals surface area contributed by atoms with E-state index in [1.807, 2.05) is 25.1 Å². The minimum atomic E-state index is 0.196. The molecule has 0 saturated carbocycles. The van der Waals surface area contributed by atoms with Gasteiger partial charge in [0.25, 0.3) is 0 Å². The highest BCUT2D eigenvalue weighted by Gasteiger charge is 2.12. The first kappa shape index (κ1) is 16.8. The summed E-state index contributed by atoms with van der Waals surface area (Å²) in [5.41, 5.74) is 4.49. The van der Waals surface area contributed by atoms with Crippen LogP contribution < -0.4 is 10.6 Å². The molecule has 0 aliphatic rings. The van der Waals surface area contributed by atoms with E-state index in [2.05, 4.69) is 48.7 Å². The van der Waals surface area contributed by atoms with E-state index in [0.717, 1.165) is 22.7 Å². The summed E-state index contributed by atoms with van der Waals surface area (Å²) in [7, 11) is 0. The number of anilines is 1. The Labute approximate surface area is 142 Å². The third-order valence-corrected chi connectivity index (χ3v) is 4.33. The maximum Gasteiger partial charge on any atom is 0.171 e. The summed E-state index contributed by atoms with van der Waals surface area (Å²) >= 11 is 11.6. The van der Waals surface area contributed by atoms with Crippen molar-refractivity contribution in [2.45, 2.75) is 33.2 Å². The van der Waals surface area contributed by atoms with Crippen LogP contribution in [0, 0.1) is 13.8 Å². The highest BCUT2D eigenvalue weighted by molar-refractivity contribution is 7.80. The van der Waals surface area contributed by atoms with Crippen molar-refractivity contribution in [2.75, 3.05) is 5.32 Å². The molecule has 4 heteroatoms. The van der Waals surface area contributed by atoms with Crippen molar-refractivity contribution in [3.8, 4) is 0 Å². The molecule has 0 aliphatic heterocycles. The highest BCUT2D eigenvalue weighted by Crippen LogP contribution is 2.22. The van der Waals surface area contributed by atoms with Crippen LogP contribution in [0.15, 0.2) is 42.5 Å². The standard InChI is InChI=1S/C18H21ClN2S/c1-4-17(15-8-6-5-7-12(15)2)21-18(22)20-14-10-9-13(3)16(19)11-14/h5-11,17H,4H2,1-3H3,(H2,20,21,22). The number of hydrogen-bond donors (Lipinski definition) is 2. The van der Waals surface area contributed by atoms with Gasteiger partial charge in [-0.1, -0.05) is 48.9 Å². The van der Waals surface area contributed by atoms with E-state index in [1.54, 1.807) is 0 Å². The Morgan fingerprint density at radius 1 is 1.14 bits per heavy atom. The lowest BCUT2D eigenvalue weighted by Gasteiger charge is -2.21. The average molecular weight is 333 g/mol. The van der Waals surface area contributed by atoms with E-state index in [0.29, 0.717) is 5.11 Å². The summed E-state index contributed by atoms with van der Waals surface area (Å²) in [4.78, 5) is 0. The molecule has 0 saturated heterocycles. The maximum absolute atomic E-state index is 6.14. The van der Waals surface area contributed by atoms with Crippen LogP contribution in [0.25, 0.3) is 0 Å². The first-order chi connectivity index (χ1) is 10.5. The van der Waals surface area contributed by atoms with Gasteiger partial charge in [-0.2, -0.15) is 0 Å². The Morgan fingerprint density at radius 3 is 2.50 bits per heavy atom. The number of halogens is 1. The molecule has 0 radical (unpaired) electrons. The zero-order chi connectivity index (χ0) is 16.1. The molecule has 0 aromatic heterocycles. The second-order valence-corrected chi connectivity index (χ2v) is 6.20. The van der Waals surface area contributed by atoms with E-state index in [4.69, 9.17) is 23.8 Å². The van der Waals surface area contributed by atoms with Crippen molar-refractivity contribution in [1.82, 2.24) is 5.32 Å². The smallest absolute Gasteiger partial charge is 0.171 e. The molecule has 1 atom stereocenters. The molecule has 2 aromatic carbocycles. The number of rotatable bonds is 4. The number of benzene rings is 2. The topological polar surface area (TPSA) is 24.1 Å². The van der Waals surface area contributed by atoms with Crippen LogP contribution in [0.3, 0.4) is 0 Å². The second-order valence-electron chi connectivity index (χ2n) is 5.38. The monoisotopic (exact) mass is 332 g/mol. The molecule has 116 valence electrons. The van der Waals surface area contributed by atoms with Crippen molar-refractivity contribution in [2.24, 2.45) is 0 Å². The van der Waals surface area contributed by atoms with Gasteiger partial charge in [0.1, 0.15) is 0 Å². The summed E-state index contributed by atoms with van der Waals surface area (Å²) in [6.07, 6.45) is 0.960. The van der Waals surface area contributed by atoms with Gasteiger partial charge in [0, 0.05) is 10.7 Å². The van der Waals surface area contributed by atoms with Crippen LogP contribution in [-0.4, -0.2) is 5.11 Å². The number of hydrogen-bond acceptors (Lipinski definition) is 1. The summed E-state index contributed by atoms with van der Waals surface area (Å²) in [6, 6.07) is 14.4. The Bertz CT molecular complexity index is 670.